The lowest BCUT2D eigenvalue weighted by molar-refractivity contribution is 0.295. The van der Waals surface area contributed by atoms with E-state index in [0.29, 0.717) is 12.0 Å². The van der Waals surface area contributed by atoms with E-state index in [1.165, 1.54) is 12.0 Å². The van der Waals surface area contributed by atoms with Crippen molar-refractivity contribution in [1.29, 1.82) is 0 Å². The molecule has 1 unspecified atom stereocenters. The summed E-state index contributed by atoms with van der Waals surface area (Å²) in [6.45, 7) is 14.1. The van der Waals surface area contributed by atoms with Gasteiger partial charge in [-0.1, -0.05) is 26.0 Å². The molecule has 0 bridgehead atoms. The lowest BCUT2D eigenvalue weighted by atomic mass is 10.1. The molecule has 2 rings (SSSR count). The summed E-state index contributed by atoms with van der Waals surface area (Å²) < 4.78 is 0. The molecule has 1 heterocycles. The normalized spacial score (nSPS) is 12.2. The Bertz CT molecular complexity index is 682. The van der Waals surface area contributed by atoms with Crippen LogP contribution in [-0.2, 0) is 0 Å². The van der Waals surface area contributed by atoms with Crippen molar-refractivity contribution in [3.8, 4) is 0 Å². The van der Waals surface area contributed by atoms with Crippen LogP contribution in [0.15, 0.2) is 30.3 Å². The quantitative estimate of drug-likeness (QED) is 0.643. The van der Waals surface area contributed by atoms with Crippen LogP contribution in [0.5, 0.6) is 0 Å². The minimum Gasteiger partial charge on any atom is -0.367 e. The smallest absolute Gasteiger partial charge is 0.229 e. The van der Waals surface area contributed by atoms with Gasteiger partial charge in [-0.2, -0.15) is 4.98 Å². The Balaban J connectivity index is 1.94. The molecule has 5 nitrogen and oxygen atoms in total. The topological polar surface area (TPSA) is 53.1 Å². The number of hydrogen-bond acceptors (Lipinski definition) is 5. The first kappa shape index (κ1) is 20.2. The predicted molar refractivity (Wildman–Crippen MR) is 111 cm³/mol. The highest BCUT2D eigenvalue weighted by Crippen LogP contribution is 2.17. The van der Waals surface area contributed by atoms with Crippen molar-refractivity contribution in [1.82, 2.24) is 14.9 Å². The first-order valence-electron chi connectivity index (χ1n) is 9.68. The first-order valence-corrected chi connectivity index (χ1v) is 9.68. The maximum absolute atomic E-state index is 4.63. The number of nitrogens with one attached hydrogen (secondary N) is 2. The van der Waals surface area contributed by atoms with Gasteiger partial charge in [0.05, 0.1) is 0 Å². The molecular weight excluding hydrogens is 322 g/mol. The van der Waals surface area contributed by atoms with Gasteiger partial charge in [-0.05, 0) is 70.9 Å². The summed E-state index contributed by atoms with van der Waals surface area (Å²) in [5.74, 6) is 1.51. The number of aromatic nitrogens is 2. The van der Waals surface area contributed by atoms with Gasteiger partial charge in [0.2, 0.25) is 5.95 Å². The fourth-order valence-corrected chi connectivity index (χ4v) is 3.04. The molecule has 26 heavy (non-hydrogen) atoms. The molecule has 5 heteroatoms. The van der Waals surface area contributed by atoms with Crippen LogP contribution in [0.3, 0.4) is 0 Å². The molecule has 0 aliphatic heterocycles. The predicted octanol–water partition coefficient (Wildman–Crippen LogP) is 4.76. The van der Waals surface area contributed by atoms with E-state index in [9.17, 15) is 0 Å². The second-order valence-corrected chi connectivity index (χ2v) is 6.93. The average molecular weight is 356 g/mol. The van der Waals surface area contributed by atoms with E-state index >= 15 is 0 Å². The SMILES string of the molecule is CCN(CC)CCCC(C)Nc1cc(C)nc(Nc2cccc(C)c2)n1. The highest BCUT2D eigenvalue weighted by atomic mass is 15.1. The second-order valence-electron chi connectivity index (χ2n) is 6.93. The molecule has 1 aromatic carbocycles. The third-order valence-electron chi connectivity index (χ3n) is 4.53. The van der Waals surface area contributed by atoms with E-state index in [-0.39, 0.29) is 0 Å². The van der Waals surface area contributed by atoms with Gasteiger partial charge in [-0.25, -0.2) is 4.98 Å². The van der Waals surface area contributed by atoms with Gasteiger partial charge >= 0.3 is 0 Å². The number of hydrogen-bond donors (Lipinski definition) is 2. The highest BCUT2D eigenvalue weighted by molar-refractivity contribution is 5.56. The molecule has 2 aromatic rings. The average Bonchev–Trinajstić information content (AvgIpc) is 2.58. The van der Waals surface area contributed by atoms with Crippen LogP contribution in [0, 0.1) is 13.8 Å². The van der Waals surface area contributed by atoms with Crippen molar-refractivity contribution in [2.75, 3.05) is 30.3 Å². The second kappa shape index (κ2) is 10.1. The number of nitrogens with zero attached hydrogens (tertiary/aromatic N) is 3. The van der Waals surface area contributed by atoms with Gasteiger partial charge in [0.1, 0.15) is 5.82 Å². The summed E-state index contributed by atoms with van der Waals surface area (Å²) >= 11 is 0. The highest BCUT2D eigenvalue weighted by Gasteiger charge is 2.08. The van der Waals surface area contributed by atoms with Gasteiger partial charge in [-0.3, -0.25) is 0 Å². The first-order chi connectivity index (χ1) is 12.5. The maximum Gasteiger partial charge on any atom is 0.229 e. The zero-order valence-corrected chi connectivity index (χ0v) is 16.8. The third kappa shape index (κ3) is 6.64. The molecule has 0 radical (unpaired) electrons. The van der Waals surface area contributed by atoms with Gasteiger partial charge in [0.15, 0.2) is 0 Å². The Kier molecular flexibility index (Phi) is 7.85. The molecule has 142 valence electrons. The van der Waals surface area contributed by atoms with Crippen molar-refractivity contribution < 1.29 is 0 Å². The zero-order valence-electron chi connectivity index (χ0n) is 16.8. The summed E-state index contributed by atoms with van der Waals surface area (Å²) in [6, 6.07) is 10.6. The van der Waals surface area contributed by atoms with Crippen LogP contribution < -0.4 is 10.6 Å². The van der Waals surface area contributed by atoms with Crippen LogP contribution in [0.2, 0.25) is 0 Å². The summed E-state index contributed by atoms with van der Waals surface area (Å²) in [6.07, 6.45) is 2.31. The summed E-state index contributed by atoms with van der Waals surface area (Å²) in [4.78, 5) is 11.6. The van der Waals surface area contributed by atoms with Gasteiger partial charge in [-0.15, -0.1) is 0 Å². The van der Waals surface area contributed by atoms with Crippen LogP contribution >= 0.6 is 0 Å². The van der Waals surface area contributed by atoms with E-state index < -0.39 is 0 Å². The Morgan fingerprint density at radius 1 is 1.08 bits per heavy atom. The molecule has 0 aliphatic rings. The number of anilines is 3. The summed E-state index contributed by atoms with van der Waals surface area (Å²) in [5.41, 5.74) is 3.17. The van der Waals surface area contributed by atoms with Crippen LogP contribution in [0.4, 0.5) is 17.5 Å². The number of rotatable bonds is 10. The van der Waals surface area contributed by atoms with E-state index in [4.69, 9.17) is 0 Å². The molecular formula is C21H33N5. The molecule has 0 fully saturated rings. The molecule has 0 aliphatic carbocycles. The minimum atomic E-state index is 0.381. The van der Waals surface area contributed by atoms with E-state index in [0.717, 1.165) is 43.3 Å². The molecule has 0 spiro atoms. The fourth-order valence-electron chi connectivity index (χ4n) is 3.04. The van der Waals surface area contributed by atoms with E-state index in [1.807, 2.05) is 25.1 Å². The molecule has 2 N–H and O–H groups in total. The molecule has 0 amide bonds. The maximum atomic E-state index is 4.63. The van der Waals surface area contributed by atoms with Crippen molar-refractivity contribution >= 4 is 17.5 Å². The Hall–Kier alpha value is -2.14. The molecule has 0 saturated carbocycles. The lowest BCUT2D eigenvalue weighted by Gasteiger charge is -2.20. The fraction of sp³-hybridized carbons (Fsp3) is 0.524. The molecule has 1 aromatic heterocycles. The zero-order chi connectivity index (χ0) is 18.9. The Morgan fingerprint density at radius 3 is 2.54 bits per heavy atom. The number of aryl methyl sites for hydroxylation is 2. The Labute approximate surface area is 158 Å². The minimum absolute atomic E-state index is 0.381. The Morgan fingerprint density at radius 2 is 1.85 bits per heavy atom. The van der Waals surface area contributed by atoms with Crippen LogP contribution in [0.1, 0.15) is 44.9 Å². The number of benzene rings is 1. The van der Waals surface area contributed by atoms with Gasteiger partial charge in [0, 0.05) is 23.5 Å². The van der Waals surface area contributed by atoms with Crippen LogP contribution in [0.25, 0.3) is 0 Å². The van der Waals surface area contributed by atoms with Crippen molar-refractivity contribution in [3.63, 3.8) is 0 Å². The van der Waals surface area contributed by atoms with Crippen molar-refractivity contribution in [2.45, 2.75) is 53.5 Å². The standard InChI is InChI=1S/C21H33N5/c1-6-26(7-2)13-9-11-17(4)22-20-15-18(5)23-21(25-20)24-19-12-8-10-16(3)14-19/h8,10,12,14-15,17H,6-7,9,11,13H2,1-5H3,(H2,22,23,24,25). The van der Waals surface area contributed by atoms with E-state index in [2.05, 4.69) is 65.3 Å². The summed E-state index contributed by atoms with van der Waals surface area (Å²) in [7, 11) is 0. The largest absolute Gasteiger partial charge is 0.367 e. The monoisotopic (exact) mass is 355 g/mol. The lowest BCUT2D eigenvalue weighted by Crippen LogP contribution is -2.25. The third-order valence-corrected chi connectivity index (χ3v) is 4.53. The molecule has 1 atom stereocenters. The van der Waals surface area contributed by atoms with Gasteiger partial charge < -0.3 is 15.5 Å². The van der Waals surface area contributed by atoms with Gasteiger partial charge in [0.25, 0.3) is 0 Å². The van der Waals surface area contributed by atoms with Crippen molar-refractivity contribution in [2.24, 2.45) is 0 Å². The summed E-state index contributed by atoms with van der Waals surface area (Å²) in [5, 5.41) is 6.82. The van der Waals surface area contributed by atoms with E-state index in [1.54, 1.807) is 0 Å². The van der Waals surface area contributed by atoms with Crippen molar-refractivity contribution in [3.05, 3.63) is 41.6 Å². The van der Waals surface area contributed by atoms with Crippen LogP contribution in [-0.4, -0.2) is 40.5 Å². The molecule has 0 saturated heterocycles.